The second-order valence-corrected chi connectivity index (χ2v) is 5.91. The summed E-state index contributed by atoms with van der Waals surface area (Å²) in [5, 5.41) is 13.2. The van der Waals surface area contributed by atoms with Gasteiger partial charge in [-0.1, -0.05) is 25.5 Å². The Bertz CT molecular complexity index is 1100. The number of fused-ring (bicyclic) bond motifs is 3. The van der Waals surface area contributed by atoms with Crippen molar-refractivity contribution in [3.63, 3.8) is 0 Å². The van der Waals surface area contributed by atoms with Gasteiger partial charge in [0.2, 0.25) is 0 Å². The van der Waals surface area contributed by atoms with E-state index in [0.29, 0.717) is 11.2 Å². The highest BCUT2D eigenvalue weighted by atomic mass is 35.5. The van der Waals surface area contributed by atoms with Crippen LogP contribution in [-0.2, 0) is 6.42 Å². The highest BCUT2D eigenvalue weighted by Crippen LogP contribution is 2.29. The second kappa shape index (κ2) is 7.42. The summed E-state index contributed by atoms with van der Waals surface area (Å²) >= 11 is 0. The van der Waals surface area contributed by atoms with Crippen molar-refractivity contribution in [3.05, 3.63) is 66.0 Å². The van der Waals surface area contributed by atoms with Crippen molar-refractivity contribution < 1.29 is 0 Å². The van der Waals surface area contributed by atoms with Gasteiger partial charge in [0.05, 0.1) is 16.6 Å². The fourth-order valence-corrected chi connectivity index (χ4v) is 3.15. The van der Waals surface area contributed by atoms with Gasteiger partial charge in [0.25, 0.3) is 0 Å². The molecule has 0 fully saturated rings. The molecule has 0 spiro atoms. The average Bonchev–Trinajstić information content (AvgIpc) is 3.02. The van der Waals surface area contributed by atoms with E-state index in [2.05, 4.69) is 29.4 Å². The van der Waals surface area contributed by atoms with E-state index in [1.165, 1.54) is 0 Å². The summed E-state index contributed by atoms with van der Waals surface area (Å²) in [6.07, 6.45) is 5.32. The Morgan fingerprint density at radius 1 is 1.15 bits per heavy atom. The van der Waals surface area contributed by atoms with Gasteiger partial charge in [-0.2, -0.15) is 5.26 Å². The first-order valence-electron chi connectivity index (χ1n) is 8.32. The molecule has 0 bridgehead atoms. The maximum Gasteiger partial charge on any atom is 0.157 e. The maximum atomic E-state index is 9.72. The quantitative estimate of drug-likeness (QED) is 0.561. The molecule has 4 rings (SSSR count). The monoisotopic (exact) mass is 363 g/mol. The Morgan fingerprint density at radius 2 is 1.92 bits per heavy atom. The molecule has 26 heavy (non-hydrogen) atoms. The Balaban J connectivity index is 0.00000196. The van der Waals surface area contributed by atoms with Crippen molar-refractivity contribution in [3.8, 4) is 6.07 Å². The smallest absolute Gasteiger partial charge is 0.157 e. The van der Waals surface area contributed by atoms with Crippen LogP contribution in [0.3, 0.4) is 0 Å². The highest BCUT2D eigenvalue weighted by Gasteiger charge is 2.16. The minimum Gasteiger partial charge on any atom is -0.341 e. The first-order chi connectivity index (χ1) is 12.3. The lowest BCUT2D eigenvalue weighted by atomic mass is 10.1. The normalized spacial score (nSPS) is 10.5. The molecule has 1 aromatic carbocycles. The van der Waals surface area contributed by atoms with Crippen molar-refractivity contribution in [1.82, 2.24) is 14.4 Å². The Hall–Kier alpha value is -3.10. The standard InChI is InChI=1S/C20H17N5.ClH/c1-2-5-14-12-19(23-15-8-10-22-11-9-15)25-18-7-4-3-6-17(18)24-20(25)16(14)13-21;/h3-4,6-12H,2,5H2,1H3,(H,22,23);1H. The number of nitriles is 1. The lowest BCUT2D eigenvalue weighted by Gasteiger charge is -2.13. The number of hydrogen-bond acceptors (Lipinski definition) is 4. The fraction of sp³-hybridized carbons (Fsp3) is 0.150. The number of pyridine rings is 2. The third kappa shape index (κ3) is 2.96. The number of hydrogen-bond donors (Lipinski definition) is 1. The molecule has 0 aliphatic heterocycles. The van der Waals surface area contributed by atoms with E-state index in [4.69, 9.17) is 4.98 Å². The number of nitrogens with zero attached hydrogens (tertiary/aromatic N) is 4. The third-order valence-electron chi connectivity index (χ3n) is 4.24. The van der Waals surface area contributed by atoms with Crippen LogP contribution in [0, 0.1) is 11.3 Å². The summed E-state index contributed by atoms with van der Waals surface area (Å²) < 4.78 is 2.02. The van der Waals surface area contributed by atoms with Gasteiger partial charge in [0.15, 0.2) is 5.65 Å². The van der Waals surface area contributed by atoms with Crippen molar-refractivity contribution in [2.24, 2.45) is 0 Å². The molecule has 130 valence electrons. The van der Waals surface area contributed by atoms with E-state index >= 15 is 0 Å². The van der Waals surface area contributed by atoms with Crippen LogP contribution >= 0.6 is 12.4 Å². The number of imidazole rings is 1. The Labute approximate surface area is 157 Å². The number of rotatable bonds is 4. The fourth-order valence-electron chi connectivity index (χ4n) is 3.15. The molecule has 0 unspecified atom stereocenters. The molecular formula is C20H18ClN5. The van der Waals surface area contributed by atoms with E-state index in [9.17, 15) is 5.26 Å². The molecule has 0 saturated heterocycles. The average molecular weight is 364 g/mol. The predicted molar refractivity (Wildman–Crippen MR) is 106 cm³/mol. The number of aryl methyl sites for hydroxylation is 1. The molecule has 0 atom stereocenters. The lowest BCUT2D eigenvalue weighted by Crippen LogP contribution is -2.03. The lowest BCUT2D eigenvalue weighted by molar-refractivity contribution is 0.915. The zero-order chi connectivity index (χ0) is 17.2. The van der Waals surface area contributed by atoms with Crippen LogP contribution < -0.4 is 5.32 Å². The molecule has 0 aliphatic carbocycles. The molecule has 6 heteroatoms. The summed E-state index contributed by atoms with van der Waals surface area (Å²) in [4.78, 5) is 8.78. The number of benzene rings is 1. The van der Waals surface area contributed by atoms with Crippen molar-refractivity contribution in [1.29, 1.82) is 5.26 Å². The van der Waals surface area contributed by atoms with E-state index in [-0.39, 0.29) is 12.4 Å². The summed E-state index contributed by atoms with van der Waals surface area (Å²) in [5.74, 6) is 0.900. The van der Waals surface area contributed by atoms with Gasteiger partial charge in [0, 0.05) is 18.1 Å². The largest absolute Gasteiger partial charge is 0.341 e. The molecule has 3 aromatic heterocycles. The van der Waals surface area contributed by atoms with E-state index in [0.717, 1.165) is 40.9 Å². The van der Waals surface area contributed by atoms with E-state index in [1.54, 1.807) is 12.4 Å². The highest BCUT2D eigenvalue weighted by molar-refractivity contribution is 5.86. The van der Waals surface area contributed by atoms with Crippen LogP contribution in [-0.4, -0.2) is 14.4 Å². The number of para-hydroxylation sites is 2. The Kier molecular flexibility index (Phi) is 5.06. The zero-order valence-electron chi connectivity index (χ0n) is 14.3. The van der Waals surface area contributed by atoms with Crippen LogP contribution in [0.2, 0.25) is 0 Å². The number of anilines is 2. The van der Waals surface area contributed by atoms with Gasteiger partial charge in [0.1, 0.15) is 11.9 Å². The van der Waals surface area contributed by atoms with Crippen LogP contribution in [0.25, 0.3) is 16.7 Å². The molecule has 1 N–H and O–H groups in total. The summed E-state index contributed by atoms with van der Waals surface area (Å²) in [6.45, 7) is 2.11. The molecule has 3 heterocycles. The second-order valence-electron chi connectivity index (χ2n) is 5.91. The summed E-state index contributed by atoms with van der Waals surface area (Å²) in [5.41, 5.74) is 5.18. The third-order valence-corrected chi connectivity index (χ3v) is 4.24. The predicted octanol–water partition coefficient (Wildman–Crippen LogP) is 4.87. The molecule has 0 radical (unpaired) electrons. The van der Waals surface area contributed by atoms with Crippen molar-refractivity contribution in [2.75, 3.05) is 5.32 Å². The van der Waals surface area contributed by atoms with Gasteiger partial charge >= 0.3 is 0 Å². The van der Waals surface area contributed by atoms with Crippen molar-refractivity contribution >= 4 is 40.6 Å². The van der Waals surface area contributed by atoms with Gasteiger partial charge < -0.3 is 5.32 Å². The van der Waals surface area contributed by atoms with Gasteiger partial charge in [-0.3, -0.25) is 9.38 Å². The first-order valence-corrected chi connectivity index (χ1v) is 8.32. The topological polar surface area (TPSA) is 66.0 Å². The number of nitrogens with one attached hydrogen (secondary N) is 1. The number of halogens is 1. The van der Waals surface area contributed by atoms with Crippen LogP contribution in [0.1, 0.15) is 24.5 Å². The van der Waals surface area contributed by atoms with E-state index < -0.39 is 0 Å². The van der Waals surface area contributed by atoms with E-state index in [1.807, 2.05) is 40.8 Å². The summed E-state index contributed by atoms with van der Waals surface area (Å²) in [6, 6.07) is 16.2. The van der Waals surface area contributed by atoms with Crippen LogP contribution in [0.15, 0.2) is 54.9 Å². The molecule has 5 nitrogen and oxygen atoms in total. The SMILES string of the molecule is CCCc1cc(Nc2ccncc2)n2c(nc3ccccc32)c1C#N.Cl. The molecule has 4 aromatic rings. The number of aromatic nitrogens is 3. The molecule has 0 amide bonds. The minimum atomic E-state index is 0. The Morgan fingerprint density at radius 3 is 2.65 bits per heavy atom. The minimum absolute atomic E-state index is 0. The maximum absolute atomic E-state index is 9.72. The molecule has 0 aliphatic rings. The first kappa shape index (κ1) is 17.7. The molecular weight excluding hydrogens is 346 g/mol. The van der Waals surface area contributed by atoms with Gasteiger partial charge in [-0.15, -0.1) is 12.4 Å². The molecule has 0 saturated carbocycles. The van der Waals surface area contributed by atoms with Gasteiger partial charge in [-0.05, 0) is 42.3 Å². The summed E-state index contributed by atoms with van der Waals surface area (Å²) in [7, 11) is 0. The van der Waals surface area contributed by atoms with Gasteiger partial charge in [-0.25, -0.2) is 4.98 Å². The van der Waals surface area contributed by atoms with Crippen molar-refractivity contribution in [2.45, 2.75) is 19.8 Å². The van der Waals surface area contributed by atoms with Crippen LogP contribution in [0.5, 0.6) is 0 Å². The van der Waals surface area contributed by atoms with Crippen LogP contribution in [0.4, 0.5) is 11.5 Å². The zero-order valence-corrected chi connectivity index (χ0v) is 15.1.